The van der Waals surface area contributed by atoms with E-state index in [4.69, 9.17) is 14.3 Å². The van der Waals surface area contributed by atoms with Crippen LogP contribution in [0.1, 0.15) is 66.9 Å². The topological polar surface area (TPSA) is 113 Å². The summed E-state index contributed by atoms with van der Waals surface area (Å²) >= 11 is 0. The van der Waals surface area contributed by atoms with Crippen LogP contribution in [0, 0.1) is 12.8 Å². The van der Waals surface area contributed by atoms with Gasteiger partial charge in [0.15, 0.2) is 0 Å². The fourth-order valence-electron chi connectivity index (χ4n) is 2.94. The van der Waals surface area contributed by atoms with Crippen molar-refractivity contribution in [2.45, 2.75) is 86.5 Å². The van der Waals surface area contributed by atoms with Gasteiger partial charge in [-0.25, -0.2) is 14.3 Å². The van der Waals surface area contributed by atoms with Gasteiger partial charge >= 0.3 is 17.7 Å². The van der Waals surface area contributed by atoms with E-state index in [9.17, 15) is 14.4 Å². The van der Waals surface area contributed by atoms with Crippen LogP contribution in [0.5, 0.6) is 0 Å². The lowest BCUT2D eigenvalue weighted by atomic mass is 10.1. The molecule has 4 rings (SSSR count). The largest absolute Gasteiger partial charge is 0.462 e. The third-order valence-corrected chi connectivity index (χ3v) is 4.45. The number of amides is 1. The van der Waals surface area contributed by atoms with E-state index in [1.807, 2.05) is 48.5 Å². The predicted molar refractivity (Wildman–Crippen MR) is 126 cm³/mol. The Morgan fingerprint density at radius 2 is 1.55 bits per heavy atom. The fourth-order valence-corrected chi connectivity index (χ4v) is 2.94. The van der Waals surface area contributed by atoms with Gasteiger partial charge in [0.2, 0.25) is 0 Å². The maximum Gasteiger partial charge on any atom is 0.409 e. The Labute approximate surface area is 196 Å². The number of aromatic nitrogens is 1. The van der Waals surface area contributed by atoms with Gasteiger partial charge in [-0.15, -0.1) is 0 Å². The maximum atomic E-state index is 10.6. The van der Waals surface area contributed by atoms with Crippen molar-refractivity contribution in [1.29, 1.82) is 0 Å². The van der Waals surface area contributed by atoms with Crippen LogP contribution in [0.4, 0.5) is 4.79 Å². The highest BCUT2D eigenvalue weighted by Crippen LogP contribution is 2.19. The van der Waals surface area contributed by atoms with E-state index in [0.717, 1.165) is 25.1 Å². The molecule has 0 bridgehead atoms. The van der Waals surface area contributed by atoms with E-state index < -0.39 is 0 Å². The smallest absolute Gasteiger partial charge is 0.409 e. The Hall–Kier alpha value is -2.78. The zero-order chi connectivity index (χ0) is 25.7. The van der Waals surface area contributed by atoms with Crippen molar-refractivity contribution in [3.63, 3.8) is 0 Å². The molecule has 2 saturated heterocycles. The molecule has 4 atom stereocenters. The Morgan fingerprint density at radius 1 is 0.939 bits per heavy atom. The molecule has 0 radical (unpaired) electrons. The number of aryl methyl sites for hydroxylation is 2. The van der Waals surface area contributed by atoms with Gasteiger partial charge in [0.05, 0.1) is 29.8 Å². The zero-order valence-electron chi connectivity index (χ0n) is 21.7. The number of carbonyl (C=O) groups excluding carboxylic acids is 2. The summed E-state index contributed by atoms with van der Waals surface area (Å²) in [5.41, 5.74) is 1.49. The highest BCUT2D eigenvalue weighted by molar-refractivity contribution is 5.82. The SMILES string of the molecule is CC.CC1=NO[C@@H](C)C1.CC1C[C@H](C)OC1=O.C[C@H]1CN(C)C(=O)O1.Cc1cn(C)oc1=O. The molecule has 33 heavy (non-hydrogen) atoms. The van der Waals surface area contributed by atoms with Crippen molar-refractivity contribution in [1.82, 2.24) is 9.64 Å². The van der Waals surface area contributed by atoms with Gasteiger partial charge < -0.3 is 23.7 Å². The number of esters is 1. The number of hydrogen-bond donors (Lipinski definition) is 0. The van der Waals surface area contributed by atoms with E-state index in [1.54, 1.807) is 32.1 Å². The van der Waals surface area contributed by atoms with Crippen molar-refractivity contribution < 1.29 is 28.4 Å². The summed E-state index contributed by atoms with van der Waals surface area (Å²) in [6.45, 7) is 16.1. The molecule has 0 saturated carbocycles. The Balaban J connectivity index is 0.000000404. The summed E-state index contributed by atoms with van der Waals surface area (Å²) in [4.78, 5) is 37.9. The van der Waals surface area contributed by atoms with Crippen molar-refractivity contribution in [2.75, 3.05) is 13.6 Å². The van der Waals surface area contributed by atoms with Gasteiger partial charge in [0.25, 0.3) is 0 Å². The van der Waals surface area contributed by atoms with E-state index in [1.165, 1.54) is 4.74 Å². The molecule has 3 aliphatic rings. The molecule has 1 aromatic heterocycles. The van der Waals surface area contributed by atoms with Crippen LogP contribution >= 0.6 is 0 Å². The van der Waals surface area contributed by atoms with Crippen LogP contribution in [-0.4, -0.2) is 59.3 Å². The lowest BCUT2D eigenvalue weighted by Crippen LogP contribution is -2.18. The number of nitrogens with zero attached hydrogens (tertiary/aromatic N) is 3. The molecule has 4 heterocycles. The van der Waals surface area contributed by atoms with Crippen LogP contribution in [0.25, 0.3) is 0 Å². The summed E-state index contributed by atoms with van der Waals surface area (Å²) < 4.78 is 15.6. The third-order valence-electron chi connectivity index (χ3n) is 4.45. The lowest BCUT2D eigenvalue weighted by Gasteiger charge is -1.99. The van der Waals surface area contributed by atoms with Gasteiger partial charge in [-0.1, -0.05) is 25.9 Å². The van der Waals surface area contributed by atoms with Gasteiger partial charge in [0.1, 0.15) is 12.2 Å². The minimum absolute atomic E-state index is 0.0440. The van der Waals surface area contributed by atoms with Crippen molar-refractivity contribution >= 4 is 17.8 Å². The van der Waals surface area contributed by atoms with E-state index >= 15 is 0 Å². The molecule has 1 aromatic rings. The summed E-state index contributed by atoms with van der Waals surface area (Å²) in [6, 6.07) is 0. The molecule has 1 unspecified atom stereocenters. The van der Waals surface area contributed by atoms with E-state index in [2.05, 4.69) is 9.68 Å². The number of rotatable bonds is 0. The first-order chi connectivity index (χ1) is 15.4. The molecular weight excluding hydrogens is 430 g/mol. The van der Waals surface area contributed by atoms with Crippen molar-refractivity contribution in [3.05, 3.63) is 22.2 Å². The standard InChI is InChI=1S/C6H10O2.C5H9NO2.C5H7NO2.C5H9NO.C2H6/c1-4-3-5(2)8-6(4)7;1-4-3-6(2)5(7)8-4;1-4-3-6(2)8-5(4)7;1-4-3-5(2)7-6-4;1-2/h4-5H,3H2,1-2H3;4H,3H2,1-2H3;3H,1-2H3;5H,3H2,1-2H3;1-2H3/t4?,5-;4-;;5-;/m00.0./s1. The minimum atomic E-state index is -0.257. The number of oxime groups is 1. The monoisotopic (exact) mass is 471 g/mol. The average Bonchev–Trinajstić information content (AvgIpc) is 3.42. The number of hydrogen-bond acceptors (Lipinski definition) is 8. The molecule has 0 aliphatic carbocycles. The molecule has 3 aliphatic heterocycles. The number of ether oxygens (including phenoxy) is 2. The van der Waals surface area contributed by atoms with Crippen LogP contribution < -0.4 is 5.63 Å². The second-order valence-corrected chi connectivity index (χ2v) is 8.14. The fraction of sp³-hybridized carbons (Fsp3) is 0.739. The molecule has 10 heteroatoms. The second-order valence-electron chi connectivity index (χ2n) is 8.14. The average molecular weight is 472 g/mol. The second kappa shape index (κ2) is 15.1. The summed E-state index contributed by atoms with van der Waals surface area (Å²) in [5.74, 6) is 0.0856. The van der Waals surface area contributed by atoms with Gasteiger partial charge in [0, 0.05) is 26.7 Å². The van der Waals surface area contributed by atoms with Crippen LogP contribution in [0.3, 0.4) is 0 Å². The van der Waals surface area contributed by atoms with E-state index in [-0.39, 0.29) is 35.8 Å². The number of cyclic esters (lactones) is 2. The van der Waals surface area contributed by atoms with Gasteiger partial charge in [-0.2, -0.15) is 0 Å². The summed E-state index contributed by atoms with van der Waals surface area (Å²) in [7, 11) is 3.40. The third kappa shape index (κ3) is 12.1. The zero-order valence-corrected chi connectivity index (χ0v) is 21.7. The number of carbonyl (C=O) groups is 2. The highest BCUT2D eigenvalue weighted by Gasteiger charge is 2.27. The van der Waals surface area contributed by atoms with Crippen LogP contribution in [-0.2, 0) is 26.2 Å². The normalized spacial score (nSPS) is 24.8. The quantitative estimate of drug-likeness (QED) is 0.527. The molecule has 0 spiro atoms. The highest BCUT2D eigenvalue weighted by atomic mass is 16.6. The van der Waals surface area contributed by atoms with Crippen LogP contribution in [0.15, 0.2) is 20.7 Å². The first-order valence-corrected chi connectivity index (χ1v) is 11.3. The van der Waals surface area contributed by atoms with Gasteiger partial charge in [-0.05, 0) is 41.0 Å². The molecule has 0 aromatic carbocycles. The first-order valence-electron chi connectivity index (χ1n) is 11.3. The Kier molecular flexibility index (Phi) is 13.9. The summed E-state index contributed by atoms with van der Waals surface area (Å²) in [6.07, 6.45) is 3.86. The molecule has 190 valence electrons. The molecule has 10 nitrogen and oxygen atoms in total. The van der Waals surface area contributed by atoms with Gasteiger partial charge in [-0.3, -0.25) is 4.79 Å². The minimum Gasteiger partial charge on any atom is -0.462 e. The molecular formula is C23H41N3O7. The molecule has 0 N–H and O–H groups in total. The maximum absolute atomic E-state index is 10.6. The lowest BCUT2D eigenvalue weighted by molar-refractivity contribution is -0.143. The van der Waals surface area contributed by atoms with E-state index in [0.29, 0.717) is 11.7 Å². The summed E-state index contributed by atoms with van der Waals surface area (Å²) in [5, 5.41) is 3.73. The Morgan fingerprint density at radius 3 is 1.67 bits per heavy atom. The Bertz CT molecular complexity index is 787. The molecule has 1 amide bonds. The molecule has 2 fully saturated rings. The van der Waals surface area contributed by atoms with Crippen molar-refractivity contribution in [3.8, 4) is 0 Å². The van der Waals surface area contributed by atoms with Crippen molar-refractivity contribution in [2.24, 2.45) is 18.1 Å². The van der Waals surface area contributed by atoms with Crippen LogP contribution in [0.2, 0.25) is 0 Å². The first kappa shape index (κ1) is 30.2. The predicted octanol–water partition coefficient (Wildman–Crippen LogP) is 3.90. The number of likely N-dealkylation sites (N-methyl/N-ethyl adjacent to an activating group) is 1.